The van der Waals surface area contributed by atoms with Gasteiger partial charge >= 0.3 is 0 Å². The third kappa shape index (κ3) is 2.75. The van der Waals surface area contributed by atoms with Crippen LogP contribution in [0, 0.1) is 0 Å². The van der Waals surface area contributed by atoms with Gasteiger partial charge in [-0.05, 0) is 20.3 Å². The third-order valence-electron chi connectivity index (χ3n) is 3.25. The molecule has 4 nitrogen and oxygen atoms in total. The van der Waals surface area contributed by atoms with Crippen molar-refractivity contribution >= 4 is 17.4 Å². The van der Waals surface area contributed by atoms with E-state index in [0.717, 1.165) is 37.4 Å². The first-order valence-electron chi connectivity index (χ1n) is 6.51. The molecular formula is C13H20ClN3O. The lowest BCUT2D eigenvalue weighted by atomic mass is 10.1. The van der Waals surface area contributed by atoms with Crippen molar-refractivity contribution in [1.29, 1.82) is 0 Å². The lowest BCUT2D eigenvalue weighted by Crippen LogP contribution is -2.48. The summed E-state index contributed by atoms with van der Waals surface area (Å²) < 4.78 is 5.65. The maximum Gasteiger partial charge on any atom is 0.137 e. The Labute approximate surface area is 113 Å². The molecule has 1 aliphatic rings. The number of hydrogen-bond acceptors (Lipinski definition) is 4. The van der Waals surface area contributed by atoms with E-state index in [2.05, 4.69) is 35.6 Å². The van der Waals surface area contributed by atoms with E-state index < -0.39 is 0 Å². The van der Waals surface area contributed by atoms with Crippen molar-refractivity contribution in [2.24, 2.45) is 0 Å². The Kier molecular flexibility index (Phi) is 4.40. The van der Waals surface area contributed by atoms with Crippen LogP contribution in [-0.2, 0) is 11.2 Å². The van der Waals surface area contributed by atoms with Gasteiger partial charge < -0.3 is 9.64 Å². The highest BCUT2D eigenvalue weighted by molar-refractivity contribution is 6.30. The second-order valence-corrected chi connectivity index (χ2v) is 5.22. The molecule has 1 aromatic rings. The number of halogens is 1. The summed E-state index contributed by atoms with van der Waals surface area (Å²) in [5, 5.41) is 0.577. The van der Waals surface area contributed by atoms with Crippen LogP contribution in [0.3, 0.4) is 0 Å². The summed E-state index contributed by atoms with van der Waals surface area (Å²) in [4.78, 5) is 10.8. The Balaban J connectivity index is 2.33. The van der Waals surface area contributed by atoms with Gasteiger partial charge in [-0.15, -0.1) is 0 Å². The lowest BCUT2D eigenvalue weighted by molar-refractivity contribution is 0.0339. The largest absolute Gasteiger partial charge is 0.375 e. The molecule has 5 heteroatoms. The minimum absolute atomic E-state index is 0.226. The normalized spacial score (nSPS) is 24.3. The van der Waals surface area contributed by atoms with E-state index in [-0.39, 0.29) is 6.10 Å². The van der Waals surface area contributed by atoms with Gasteiger partial charge in [0.05, 0.1) is 18.8 Å². The van der Waals surface area contributed by atoms with Crippen LogP contribution in [0.2, 0.25) is 5.15 Å². The van der Waals surface area contributed by atoms with Crippen LogP contribution in [0.4, 0.5) is 5.82 Å². The Morgan fingerprint density at radius 3 is 2.94 bits per heavy atom. The van der Waals surface area contributed by atoms with Crippen LogP contribution in [-0.4, -0.2) is 35.3 Å². The van der Waals surface area contributed by atoms with Gasteiger partial charge in [-0.3, -0.25) is 0 Å². The van der Waals surface area contributed by atoms with Gasteiger partial charge in [0, 0.05) is 12.1 Å². The molecule has 0 amide bonds. The van der Waals surface area contributed by atoms with E-state index in [4.69, 9.17) is 16.3 Å². The molecular weight excluding hydrogens is 250 g/mol. The second kappa shape index (κ2) is 5.85. The van der Waals surface area contributed by atoms with Gasteiger partial charge in [-0.2, -0.15) is 0 Å². The zero-order valence-electron chi connectivity index (χ0n) is 11.2. The molecule has 0 spiro atoms. The predicted molar refractivity (Wildman–Crippen MR) is 73.3 cm³/mol. The van der Waals surface area contributed by atoms with Crippen molar-refractivity contribution < 1.29 is 4.74 Å². The van der Waals surface area contributed by atoms with Crippen molar-refractivity contribution in [2.75, 3.05) is 18.1 Å². The lowest BCUT2D eigenvalue weighted by Gasteiger charge is -2.38. The predicted octanol–water partition coefficient (Wildman–Crippen LogP) is 2.70. The maximum absolute atomic E-state index is 6.20. The molecule has 1 aromatic heterocycles. The van der Waals surface area contributed by atoms with E-state index in [1.807, 2.05) is 0 Å². The quantitative estimate of drug-likeness (QED) is 0.791. The molecule has 2 heterocycles. The van der Waals surface area contributed by atoms with E-state index in [9.17, 15) is 0 Å². The zero-order chi connectivity index (χ0) is 13.1. The Bertz CT molecular complexity index is 413. The highest BCUT2D eigenvalue weighted by atomic mass is 35.5. The zero-order valence-corrected chi connectivity index (χ0v) is 11.9. The van der Waals surface area contributed by atoms with E-state index in [1.54, 1.807) is 6.33 Å². The summed E-state index contributed by atoms with van der Waals surface area (Å²) in [6.45, 7) is 7.96. The number of aromatic nitrogens is 2. The summed E-state index contributed by atoms with van der Waals surface area (Å²) >= 11 is 6.20. The first kappa shape index (κ1) is 13.6. The highest BCUT2D eigenvalue weighted by Gasteiger charge is 2.27. The molecule has 0 N–H and O–H groups in total. The summed E-state index contributed by atoms with van der Waals surface area (Å²) in [7, 11) is 0. The van der Waals surface area contributed by atoms with Gasteiger partial charge in [-0.25, -0.2) is 9.97 Å². The van der Waals surface area contributed by atoms with Gasteiger partial charge in [0.15, 0.2) is 0 Å². The molecule has 1 fully saturated rings. The van der Waals surface area contributed by atoms with Crippen molar-refractivity contribution in [3.8, 4) is 0 Å². The topological polar surface area (TPSA) is 38.2 Å². The first-order valence-corrected chi connectivity index (χ1v) is 6.88. The van der Waals surface area contributed by atoms with Crippen LogP contribution in [0.15, 0.2) is 6.33 Å². The molecule has 1 aliphatic heterocycles. The van der Waals surface area contributed by atoms with E-state index >= 15 is 0 Å². The number of ether oxygens (including phenoxy) is 1. The number of morpholine rings is 1. The van der Waals surface area contributed by atoms with E-state index in [0.29, 0.717) is 11.2 Å². The van der Waals surface area contributed by atoms with Crippen LogP contribution in [0.5, 0.6) is 0 Å². The monoisotopic (exact) mass is 269 g/mol. The standard InChI is InChI=1S/C13H20ClN3O/c1-4-5-11-12(14)15-8-16-13(11)17-6-10(3)18-7-9(17)2/h8-10H,4-7H2,1-3H3. The molecule has 0 saturated carbocycles. The molecule has 1 saturated heterocycles. The molecule has 100 valence electrons. The van der Waals surface area contributed by atoms with Gasteiger partial charge in [0.25, 0.3) is 0 Å². The Hall–Kier alpha value is -0.870. The second-order valence-electron chi connectivity index (χ2n) is 4.86. The molecule has 0 aliphatic carbocycles. The molecule has 0 aromatic carbocycles. The summed E-state index contributed by atoms with van der Waals surface area (Å²) in [6, 6.07) is 0.322. The molecule has 2 atom stereocenters. The van der Waals surface area contributed by atoms with Crippen LogP contribution < -0.4 is 4.90 Å². The molecule has 0 bridgehead atoms. The maximum atomic E-state index is 6.20. The van der Waals surface area contributed by atoms with Crippen molar-refractivity contribution in [3.05, 3.63) is 17.0 Å². The SMILES string of the molecule is CCCc1c(Cl)ncnc1N1CC(C)OCC1C. The number of nitrogens with zero attached hydrogens (tertiary/aromatic N) is 3. The smallest absolute Gasteiger partial charge is 0.137 e. The molecule has 2 unspecified atom stereocenters. The van der Waals surface area contributed by atoms with Gasteiger partial charge in [0.2, 0.25) is 0 Å². The fourth-order valence-corrected chi connectivity index (χ4v) is 2.52. The van der Waals surface area contributed by atoms with Gasteiger partial charge in [0.1, 0.15) is 17.3 Å². The van der Waals surface area contributed by atoms with E-state index in [1.165, 1.54) is 0 Å². The average Bonchev–Trinajstić information content (AvgIpc) is 2.35. The molecule has 2 rings (SSSR count). The Morgan fingerprint density at radius 1 is 1.44 bits per heavy atom. The van der Waals surface area contributed by atoms with Crippen molar-refractivity contribution in [3.63, 3.8) is 0 Å². The van der Waals surface area contributed by atoms with Crippen molar-refractivity contribution in [2.45, 2.75) is 45.8 Å². The third-order valence-corrected chi connectivity index (χ3v) is 3.58. The minimum atomic E-state index is 0.226. The fraction of sp³-hybridized carbons (Fsp3) is 0.692. The van der Waals surface area contributed by atoms with Crippen LogP contribution in [0.1, 0.15) is 32.8 Å². The summed E-state index contributed by atoms with van der Waals surface area (Å²) in [5.41, 5.74) is 1.06. The van der Waals surface area contributed by atoms with Crippen LogP contribution in [0.25, 0.3) is 0 Å². The average molecular weight is 270 g/mol. The summed E-state index contributed by atoms with van der Waals surface area (Å²) in [5.74, 6) is 0.972. The number of anilines is 1. The van der Waals surface area contributed by atoms with Crippen molar-refractivity contribution in [1.82, 2.24) is 9.97 Å². The highest BCUT2D eigenvalue weighted by Crippen LogP contribution is 2.28. The fourth-order valence-electron chi connectivity index (χ4n) is 2.29. The number of rotatable bonds is 3. The first-order chi connectivity index (χ1) is 8.63. The molecule has 0 radical (unpaired) electrons. The molecule has 18 heavy (non-hydrogen) atoms. The van der Waals surface area contributed by atoms with Gasteiger partial charge in [-0.1, -0.05) is 24.9 Å². The minimum Gasteiger partial charge on any atom is -0.375 e. The Morgan fingerprint density at radius 2 is 2.22 bits per heavy atom. The summed E-state index contributed by atoms with van der Waals surface area (Å²) in [6.07, 6.45) is 3.72. The van der Waals surface area contributed by atoms with Crippen LogP contribution >= 0.6 is 11.6 Å². The number of hydrogen-bond donors (Lipinski definition) is 0.